The largest absolute Gasteiger partial charge is 0.355 e. The summed E-state index contributed by atoms with van der Waals surface area (Å²) in [5.41, 5.74) is 0. The topological polar surface area (TPSA) is 29.1 Å². The lowest BCUT2D eigenvalue weighted by Gasteiger charge is -2.06. The quantitative estimate of drug-likeness (QED) is 0.406. The molecule has 0 aliphatic heterocycles. The van der Waals surface area contributed by atoms with Gasteiger partial charge in [-0.1, -0.05) is 81.1 Å². The average molecular weight is 320 g/mol. The number of amides is 1. The number of carbonyl (C=O) groups is 1. The number of hydrogen-bond acceptors (Lipinski definition) is 1. The Morgan fingerprint density at radius 1 is 1.00 bits per heavy atom. The van der Waals surface area contributed by atoms with Gasteiger partial charge in [0.05, 0.1) is 0 Å². The van der Waals surface area contributed by atoms with Crippen LogP contribution in [0.15, 0.2) is 0 Å². The van der Waals surface area contributed by atoms with E-state index in [0.717, 1.165) is 13.0 Å². The number of rotatable bonds is 12. The monoisotopic (exact) mass is 319 g/mol. The molecule has 1 N–H and O–H groups in total. The van der Waals surface area contributed by atoms with Gasteiger partial charge < -0.3 is 5.32 Å². The fraction of sp³-hybridized carbons (Fsp3) is 0.933. The van der Waals surface area contributed by atoms with Crippen LogP contribution in [-0.2, 0) is 4.79 Å². The van der Waals surface area contributed by atoms with E-state index in [2.05, 4.69) is 28.2 Å². The van der Waals surface area contributed by atoms with Crippen molar-refractivity contribution in [3.63, 3.8) is 0 Å². The maximum atomic E-state index is 11.4. The summed E-state index contributed by atoms with van der Waals surface area (Å²) in [7, 11) is 0. The second kappa shape index (κ2) is 13.4. The van der Waals surface area contributed by atoms with Crippen molar-refractivity contribution in [1.82, 2.24) is 5.32 Å². The maximum Gasteiger partial charge on any atom is 0.220 e. The van der Waals surface area contributed by atoms with Gasteiger partial charge in [0.2, 0.25) is 5.91 Å². The van der Waals surface area contributed by atoms with E-state index >= 15 is 0 Å². The molecule has 0 aliphatic rings. The van der Waals surface area contributed by atoms with E-state index in [1.54, 1.807) is 0 Å². The molecule has 2 nitrogen and oxygen atoms in total. The highest BCUT2D eigenvalue weighted by Gasteiger charge is 2.02. The molecule has 0 aromatic rings. The van der Waals surface area contributed by atoms with Crippen molar-refractivity contribution in [2.24, 2.45) is 0 Å². The summed E-state index contributed by atoms with van der Waals surface area (Å²) < 4.78 is 0. The third kappa shape index (κ3) is 14.0. The second-order valence-corrected chi connectivity index (χ2v) is 6.73. The standard InChI is InChI=1S/C15H30BrNO/c1-3-4-5-6-7-8-9-10-11-12-15(18)17-13-14(2)16/h14H,3-13H2,1-2H3,(H,17,18). The van der Waals surface area contributed by atoms with Crippen LogP contribution >= 0.6 is 15.9 Å². The highest BCUT2D eigenvalue weighted by atomic mass is 79.9. The fourth-order valence-electron chi connectivity index (χ4n) is 1.94. The molecule has 1 amide bonds. The molecule has 18 heavy (non-hydrogen) atoms. The van der Waals surface area contributed by atoms with E-state index in [4.69, 9.17) is 0 Å². The first-order valence-corrected chi connectivity index (χ1v) is 8.49. The van der Waals surface area contributed by atoms with Crippen LogP contribution in [0.25, 0.3) is 0 Å². The smallest absolute Gasteiger partial charge is 0.220 e. The number of unbranched alkanes of at least 4 members (excludes halogenated alkanes) is 8. The predicted molar refractivity (Wildman–Crippen MR) is 83.2 cm³/mol. The van der Waals surface area contributed by atoms with Crippen LogP contribution in [0.2, 0.25) is 0 Å². The molecule has 0 heterocycles. The number of nitrogens with one attached hydrogen (secondary N) is 1. The molecule has 1 unspecified atom stereocenters. The summed E-state index contributed by atoms with van der Waals surface area (Å²) in [4.78, 5) is 11.8. The number of alkyl halides is 1. The van der Waals surface area contributed by atoms with Crippen molar-refractivity contribution in [2.75, 3.05) is 6.54 Å². The van der Waals surface area contributed by atoms with E-state index in [1.165, 1.54) is 51.4 Å². The zero-order valence-corrected chi connectivity index (χ0v) is 13.7. The highest BCUT2D eigenvalue weighted by molar-refractivity contribution is 9.09. The Hall–Kier alpha value is -0.0500. The Morgan fingerprint density at radius 3 is 2.00 bits per heavy atom. The van der Waals surface area contributed by atoms with E-state index < -0.39 is 0 Å². The highest BCUT2D eigenvalue weighted by Crippen LogP contribution is 2.10. The van der Waals surface area contributed by atoms with E-state index in [-0.39, 0.29) is 5.91 Å². The van der Waals surface area contributed by atoms with Crippen molar-refractivity contribution in [3.8, 4) is 0 Å². The first-order valence-electron chi connectivity index (χ1n) is 7.57. The van der Waals surface area contributed by atoms with Gasteiger partial charge in [-0.2, -0.15) is 0 Å². The molecule has 0 radical (unpaired) electrons. The summed E-state index contributed by atoms with van der Waals surface area (Å²) in [5.74, 6) is 0.198. The summed E-state index contributed by atoms with van der Waals surface area (Å²) in [6.45, 7) is 5.02. The van der Waals surface area contributed by atoms with Gasteiger partial charge in [-0.3, -0.25) is 4.79 Å². The molecule has 0 aromatic heterocycles. The van der Waals surface area contributed by atoms with Crippen molar-refractivity contribution < 1.29 is 4.79 Å². The lowest BCUT2D eigenvalue weighted by molar-refractivity contribution is -0.121. The summed E-state index contributed by atoms with van der Waals surface area (Å²) in [6, 6.07) is 0. The van der Waals surface area contributed by atoms with Gasteiger partial charge in [-0.05, 0) is 6.42 Å². The Kier molecular flexibility index (Phi) is 13.3. The first-order chi connectivity index (χ1) is 8.66. The van der Waals surface area contributed by atoms with Gasteiger partial charge in [0.15, 0.2) is 0 Å². The molecule has 0 fully saturated rings. The SMILES string of the molecule is CCCCCCCCCCCC(=O)NCC(C)Br. The Labute approximate surface area is 121 Å². The van der Waals surface area contributed by atoms with E-state index in [0.29, 0.717) is 11.2 Å². The predicted octanol–water partition coefficient (Wildman–Crippen LogP) is 4.81. The van der Waals surface area contributed by atoms with Gasteiger partial charge >= 0.3 is 0 Å². The summed E-state index contributed by atoms with van der Waals surface area (Å²) in [5, 5.41) is 2.92. The Bertz CT molecular complexity index is 195. The first kappa shape index (κ1) is 17.9. The minimum Gasteiger partial charge on any atom is -0.355 e. The zero-order valence-electron chi connectivity index (χ0n) is 12.1. The minimum absolute atomic E-state index is 0.198. The Morgan fingerprint density at radius 2 is 1.50 bits per heavy atom. The van der Waals surface area contributed by atoms with Crippen LogP contribution in [0.4, 0.5) is 0 Å². The van der Waals surface area contributed by atoms with Crippen LogP contribution in [0.5, 0.6) is 0 Å². The van der Waals surface area contributed by atoms with Crippen LogP contribution in [0.3, 0.4) is 0 Å². The molecule has 0 saturated carbocycles. The number of halogens is 1. The summed E-state index contributed by atoms with van der Waals surface area (Å²) >= 11 is 3.42. The summed E-state index contributed by atoms with van der Waals surface area (Å²) in [6.07, 6.45) is 12.4. The fourth-order valence-corrected chi connectivity index (χ4v) is 2.10. The average Bonchev–Trinajstić information content (AvgIpc) is 2.34. The van der Waals surface area contributed by atoms with Crippen molar-refractivity contribution in [1.29, 1.82) is 0 Å². The molecule has 0 spiro atoms. The molecular formula is C15H30BrNO. The zero-order chi connectivity index (χ0) is 13.6. The van der Waals surface area contributed by atoms with Gasteiger partial charge in [-0.25, -0.2) is 0 Å². The molecular weight excluding hydrogens is 290 g/mol. The minimum atomic E-state index is 0.198. The molecule has 0 saturated heterocycles. The van der Waals surface area contributed by atoms with Gasteiger partial charge in [0, 0.05) is 17.8 Å². The molecule has 1 atom stereocenters. The molecule has 108 valence electrons. The number of carbonyl (C=O) groups excluding carboxylic acids is 1. The second-order valence-electron chi connectivity index (χ2n) is 5.16. The molecule has 3 heteroatoms. The van der Waals surface area contributed by atoms with Crippen LogP contribution in [0, 0.1) is 0 Å². The lowest BCUT2D eigenvalue weighted by atomic mass is 10.1. The van der Waals surface area contributed by atoms with Crippen molar-refractivity contribution in [2.45, 2.75) is 82.9 Å². The third-order valence-corrected chi connectivity index (χ3v) is 3.41. The van der Waals surface area contributed by atoms with Crippen molar-refractivity contribution >= 4 is 21.8 Å². The Balaban J connectivity index is 3.12. The van der Waals surface area contributed by atoms with Gasteiger partial charge in [-0.15, -0.1) is 0 Å². The molecule has 0 aliphatic carbocycles. The molecule has 0 aromatic carbocycles. The van der Waals surface area contributed by atoms with E-state index in [9.17, 15) is 4.79 Å². The third-order valence-electron chi connectivity index (χ3n) is 3.09. The van der Waals surface area contributed by atoms with Gasteiger partial charge in [0.25, 0.3) is 0 Å². The molecule has 0 rings (SSSR count). The van der Waals surface area contributed by atoms with Crippen LogP contribution < -0.4 is 5.32 Å². The van der Waals surface area contributed by atoms with Crippen LogP contribution in [-0.4, -0.2) is 17.3 Å². The lowest BCUT2D eigenvalue weighted by Crippen LogP contribution is -2.27. The maximum absolute atomic E-state index is 11.4. The molecule has 0 bridgehead atoms. The van der Waals surface area contributed by atoms with E-state index in [1.807, 2.05) is 6.92 Å². The van der Waals surface area contributed by atoms with Crippen LogP contribution in [0.1, 0.15) is 78.1 Å². The van der Waals surface area contributed by atoms with Crippen molar-refractivity contribution in [3.05, 3.63) is 0 Å². The van der Waals surface area contributed by atoms with Gasteiger partial charge in [0.1, 0.15) is 0 Å². The number of hydrogen-bond donors (Lipinski definition) is 1. The normalized spacial score (nSPS) is 12.4.